The van der Waals surface area contributed by atoms with Gasteiger partial charge in [0.25, 0.3) is 0 Å². The van der Waals surface area contributed by atoms with E-state index >= 15 is 0 Å². The third-order valence-electron chi connectivity index (χ3n) is 2.83. The number of nitrogens with one attached hydrogen (secondary N) is 1. The van der Waals surface area contributed by atoms with Crippen LogP contribution in [0.1, 0.15) is 17.2 Å². The second kappa shape index (κ2) is 5.83. The summed E-state index contributed by atoms with van der Waals surface area (Å²) in [5.74, 6) is -0.437. The number of nitrogens with zero attached hydrogens (tertiary/aromatic N) is 1. The molecule has 0 fully saturated rings. The lowest BCUT2D eigenvalue weighted by Crippen LogP contribution is -2.11. The molecule has 1 unspecified atom stereocenters. The van der Waals surface area contributed by atoms with Crippen LogP contribution in [0.25, 0.3) is 0 Å². The van der Waals surface area contributed by atoms with Crippen molar-refractivity contribution in [2.24, 2.45) is 0 Å². The van der Waals surface area contributed by atoms with Gasteiger partial charge in [-0.15, -0.1) is 0 Å². The number of hydrogen-bond acceptors (Lipinski definition) is 2. The molecule has 6 heteroatoms. The summed E-state index contributed by atoms with van der Waals surface area (Å²) in [5.41, 5.74) is -0.182. The van der Waals surface area contributed by atoms with Crippen molar-refractivity contribution in [2.45, 2.75) is 12.2 Å². The molecule has 2 nitrogen and oxygen atoms in total. The van der Waals surface area contributed by atoms with Crippen molar-refractivity contribution in [3.05, 3.63) is 65.5 Å². The summed E-state index contributed by atoms with van der Waals surface area (Å²) in [6.45, 7) is 0. The Bertz CT molecular complexity index is 657. The second-order valence-corrected chi connectivity index (χ2v) is 4.34. The summed E-state index contributed by atoms with van der Waals surface area (Å²) in [7, 11) is 0. The van der Waals surface area contributed by atoms with Crippen LogP contribution in [0, 0.1) is 17.1 Å². The Morgan fingerprint density at radius 2 is 1.71 bits per heavy atom. The highest BCUT2D eigenvalue weighted by atomic mass is 19.4. The van der Waals surface area contributed by atoms with Gasteiger partial charge in [0, 0.05) is 5.69 Å². The number of benzene rings is 2. The predicted molar refractivity (Wildman–Crippen MR) is 69.8 cm³/mol. The van der Waals surface area contributed by atoms with Crippen LogP contribution < -0.4 is 5.32 Å². The van der Waals surface area contributed by atoms with Gasteiger partial charge in [0.05, 0.1) is 11.6 Å². The van der Waals surface area contributed by atoms with Gasteiger partial charge in [-0.25, -0.2) is 4.39 Å². The molecular weight excluding hydrogens is 284 g/mol. The highest BCUT2D eigenvalue weighted by Gasteiger charge is 2.31. The number of halogens is 4. The number of alkyl halides is 3. The number of anilines is 1. The summed E-state index contributed by atoms with van der Waals surface area (Å²) >= 11 is 0. The van der Waals surface area contributed by atoms with Gasteiger partial charge < -0.3 is 5.32 Å². The van der Waals surface area contributed by atoms with Crippen LogP contribution in [0.4, 0.5) is 23.2 Å². The molecule has 2 aromatic rings. The maximum absolute atomic E-state index is 12.8. The SMILES string of the molecule is N#CC(Nc1ccc(F)cc1)c1cccc(C(F)(F)F)c1. The van der Waals surface area contributed by atoms with Gasteiger partial charge in [-0.3, -0.25) is 0 Å². The van der Waals surface area contributed by atoms with Gasteiger partial charge in [0.2, 0.25) is 0 Å². The van der Waals surface area contributed by atoms with E-state index in [4.69, 9.17) is 5.26 Å². The first kappa shape index (κ1) is 14.9. The minimum atomic E-state index is -4.47. The molecule has 21 heavy (non-hydrogen) atoms. The largest absolute Gasteiger partial charge is 0.416 e. The van der Waals surface area contributed by atoms with Crippen LogP contribution >= 0.6 is 0 Å². The van der Waals surface area contributed by atoms with Crippen LogP contribution in [-0.4, -0.2) is 0 Å². The molecule has 0 saturated heterocycles. The minimum absolute atomic E-state index is 0.191. The Morgan fingerprint density at radius 3 is 2.29 bits per heavy atom. The molecule has 1 atom stereocenters. The van der Waals surface area contributed by atoms with Gasteiger partial charge in [0.1, 0.15) is 11.9 Å². The van der Waals surface area contributed by atoms with Crippen LogP contribution in [0.15, 0.2) is 48.5 Å². The highest BCUT2D eigenvalue weighted by molar-refractivity contribution is 5.47. The van der Waals surface area contributed by atoms with Crippen LogP contribution in [0.5, 0.6) is 0 Å². The lowest BCUT2D eigenvalue weighted by atomic mass is 10.0. The molecule has 2 aromatic carbocycles. The van der Waals surface area contributed by atoms with E-state index in [9.17, 15) is 17.6 Å². The van der Waals surface area contributed by atoms with Crippen molar-refractivity contribution in [1.29, 1.82) is 5.26 Å². The van der Waals surface area contributed by atoms with Gasteiger partial charge in [0.15, 0.2) is 0 Å². The summed E-state index contributed by atoms with van der Waals surface area (Å²) < 4.78 is 50.8. The zero-order valence-corrected chi connectivity index (χ0v) is 10.7. The zero-order chi connectivity index (χ0) is 15.5. The molecule has 0 heterocycles. The zero-order valence-electron chi connectivity index (χ0n) is 10.7. The average molecular weight is 294 g/mol. The Labute approximate surface area is 118 Å². The molecule has 0 aliphatic rings. The van der Waals surface area contributed by atoms with Crippen molar-refractivity contribution in [2.75, 3.05) is 5.32 Å². The van der Waals surface area contributed by atoms with E-state index in [2.05, 4.69) is 5.32 Å². The number of hydrogen-bond donors (Lipinski definition) is 1. The second-order valence-electron chi connectivity index (χ2n) is 4.34. The van der Waals surface area contributed by atoms with Crippen LogP contribution in [-0.2, 0) is 6.18 Å². The monoisotopic (exact) mass is 294 g/mol. The summed E-state index contributed by atoms with van der Waals surface area (Å²) in [6.07, 6.45) is -4.47. The maximum atomic E-state index is 12.8. The van der Waals surface area contributed by atoms with E-state index in [0.29, 0.717) is 5.69 Å². The highest BCUT2D eigenvalue weighted by Crippen LogP contribution is 2.31. The first-order chi connectivity index (χ1) is 9.90. The summed E-state index contributed by atoms with van der Waals surface area (Å²) in [6, 6.07) is 10.7. The normalized spacial score (nSPS) is 12.5. The third-order valence-corrected chi connectivity index (χ3v) is 2.83. The van der Waals surface area contributed by atoms with E-state index in [0.717, 1.165) is 12.1 Å². The lowest BCUT2D eigenvalue weighted by molar-refractivity contribution is -0.137. The number of rotatable bonds is 3. The van der Waals surface area contributed by atoms with Gasteiger partial charge in [-0.2, -0.15) is 18.4 Å². The minimum Gasteiger partial charge on any atom is -0.366 e. The Balaban J connectivity index is 2.26. The molecule has 108 valence electrons. The third kappa shape index (κ3) is 3.72. The fraction of sp³-hybridized carbons (Fsp3) is 0.133. The molecule has 1 N–H and O–H groups in total. The first-order valence-electron chi connectivity index (χ1n) is 5.99. The predicted octanol–water partition coefficient (Wildman–Crippen LogP) is 4.52. The summed E-state index contributed by atoms with van der Waals surface area (Å²) in [4.78, 5) is 0. The molecule has 0 aromatic heterocycles. The Hall–Kier alpha value is -2.55. The first-order valence-corrected chi connectivity index (χ1v) is 5.99. The lowest BCUT2D eigenvalue weighted by Gasteiger charge is -2.15. The van der Waals surface area contributed by atoms with Gasteiger partial charge in [-0.1, -0.05) is 12.1 Å². The average Bonchev–Trinajstić information content (AvgIpc) is 2.46. The van der Waals surface area contributed by atoms with Crippen molar-refractivity contribution in [3.8, 4) is 6.07 Å². The fourth-order valence-corrected chi connectivity index (χ4v) is 1.80. The van der Waals surface area contributed by atoms with E-state index < -0.39 is 23.6 Å². The maximum Gasteiger partial charge on any atom is 0.416 e. The van der Waals surface area contributed by atoms with Gasteiger partial charge >= 0.3 is 6.18 Å². The van der Waals surface area contributed by atoms with E-state index in [1.807, 2.05) is 6.07 Å². The molecule has 0 saturated carbocycles. The van der Waals surface area contributed by atoms with Crippen molar-refractivity contribution >= 4 is 5.69 Å². The quantitative estimate of drug-likeness (QED) is 0.845. The molecule has 0 radical (unpaired) electrons. The molecule has 2 rings (SSSR count). The molecule has 0 amide bonds. The molecule has 0 spiro atoms. The van der Waals surface area contributed by atoms with Crippen molar-refractivity contribution < 1.29 is 17.6 Å². The van der Waals surface area contributed by atoms with Crippen molar-refractivity contribution in [1.82, 2.24) is 0 Å². The molecule has 0 aliphatic heterocycles. The van der Waals surface area contributed by atoms with Gasteiger partial charge in [-0.05, 0) is 42.0 Å². The Morgan fingerprint density at radius 1 is 1.05 bits per heavy atom. The molecular formula is C15H10F4N2. The standard InChI is InChI=1S/C15H10F4N2/c16-12-4-6-13(7-5-12)21-14(9-20)10-2-1-3-11(8-10)15(17,18)19/h1-8,14,21H. The topological polar surface area (TPSA) is 35.8 Å². The molecule has 0 bridgehead atoms. The summed E-state index contributed by atoms with van der Waals surface area (Å²) in [5, 5.41) is 11.9. The smallest absolute Gasteiger partial charge is 0.366 e. The van der Waals surface area contributed by atoms with Crippen molar-refractivity contribution in [3.63, 3.8) is 0 Å². The fourth-order valence-electron chi connectivity index (χ4n) is 1.80. The van der Waals surface area contributed by atoms with Crippen LogP contribution in [0.3, 0.4) is 0 Å². The van der Waals surface area contributed by atoms with Crippen LogP contribution in [0.2, 0.25) is 0 Å². The molecule has 0 aliphatic carbocycles. The van der Waals surface area contributed by atoms with E-state index in [1.165, 1.54) is 36.4 Å². The Kier molecular flexibility index (Phi) is 4.13. The number of nitriles is 1. The van der Waals surface area contributed by atoms with E-state index in [-0.39, 0.29) is 5.56 Å². The van der Waals surface area contributed by atoms with E-state index in [1.54, 1.807) is 0 Å².